The van der Waals surface area contributed by atoms with Crippen molar-refractivity contribution in [2.75, 3.05) is 27.0 Å². The molecule has 6 rings (SSSR count). The van der Waals surface area contributed by atoms with Crippen molar-refractivity contribution in [1.29, 1.82) is 0 Å². The number of nitrogens with one attached hydrogen (secondary N) is 2. The quantitative estimate of drug-likeness (QED) is 0.399. The Balaban J connectivity index is 1.23. The summed E-state index contributed by atoms with van der Waals surface area (Å²) in [5.41, 5.74) is 2.16. The predicted octanol–water partition coefficient (Wildman–Crippen LogP) is 3.47. The zero-order chi connectivity index (χ0) is 27.0. The third kappa shape index (κ3) is 4.96. The van der Waals surface area contributed by atoms with Crippen LogP contribution in [0, 0.1) is 5.92 Å². The largest absolute Gasteiger partial charge is 0.467 e. The van der Waals surface area contributed by atoms with Gasteiger partial charge in [0.2, 0.25) is 12.7 Å². The van der Waals surface area contributed by atoms with Crippen molar-refractivity contribution in [3.8, 4) is 11.5 Å². The molecule has 3 aromatic rings. The molecule has 0 radical (unpaired) electrons. The molecule has 0 unspecified atom stereocenters. The van der Waals surface area contributed by atoms with Gasteiger partial charge >= 0.3 is 5.97 Å². The molecule has 2 aliphatic heterocycles. The van der Waals surface area contributed by atoms with Crippen LogP contribution in [-0.2, 0) is 20.7 Å². The summed E-state index contributed by atoms with van der Waals surface area (Å²) in [6.07, 6.45) is 6.51. The lowest BCUT2D eigenvalue weighted by Crippen LogP contribution is -2.57. The van der Waals surface area contributed by atoms with Crippen LogP contribution in [0.2, 0.25) is 0 Å². The van der Waals surface area contributed by atoms with Crippen LogP contribution < -0.4 is 14.8 Å². The Kier molecular flexibility index (Phi) is 6.95. The second-order valence-electron chi connectivity index (χ2n) is 10.9. The van der Waals surface area contributed by atoms with Crippen molar-refractivity contribution in [1.82, 2.24) is 15.2 Å². The second-order valence-corrected chi connectivity index (χ2v) is 10.9. The highest BCUT2D eigenvalue weighted by molar-refractivity contribution is 5.88. The van der Waals surface area contributed by atoms with Gasteiger partial charge in [0, 0.05) is 42.0 Å². The summed E-state index contributed by atoms with van der Waals surface area (Å²) in [6, 6.07) is 12.8. The Labute approximate surface area is 227 Å². The van der Waals surface area contributed by atoms with E-state index in [4.69, 9.17) is 14.2 Å². The number of carbonyl (C=O) groups is 2. The average molecular weight is 534 g/mol. The van der Waals surface area contributed by atoms with Gasteiger partial charge in [0.1, 0.15) is 6.04 Å². The molecule has 2 fully saturated rings. The number of esters is 1. The summed E-state index contributed by atoms with van der Waals surface area (Å²) < 4.78 is 16.2. The number of para-hydroxylation sites is 1. The number of fused-ring (bicyclic) bond motifs is 3. The van der Waals surface area contributed by atoms with Crippen LogP contribution in [-0.4, -0.2) is 65.5 Å². The van der Waals surface area contributed by atoms with Crippen LogP contribution in [0.25, 0.3) is 10.9 Å². The van der Waals surface area contributed by atoms with Gasteiger partial charge in [-0.05, 0) is 48.6 Å². The maximum atomic E-state index is 13.5. The van der Waals surface area contributed by atoms with Crippen LogP contribution in [0.3, 0.4) is 0 Å². The highest BCUT2D eigenvalue weighted by Crippen LogP contribution is 2.50. The highest BCUT2D eigenvalue weighted by Gasteiger charge is 2.49. The van der Waals surface area contributed by atoms with Crippen molar-refractivity contribution in [2.45, 2.75) is 56.2 Å². The van der Waals surface area contributed by atoms with E-state index in [-0.39, 0.29) is 31.2 Å². The lowest BCUT2D eigenvalue weighted by Gasteiger charge is -2.52. The minimum atomic E-state index is -0.817. The van der Waals surface area contributed by atoms with Gasteiger partial charge in [-0.25, -0.2) is 4.79 Å². The van der Waals surface area contributed by atoms with Crippen LogP contribution in [0.15, 0.2) is 48.7 Å². The lowest BCUT2D eigenvalue weighted by molar-refractivity contribution is -0.146. The Morgan fingerprint density at radius 1 is 1.18 bits per heavy atom. The van der Waals surface area contributed by atoms with Crippen molar-refractivity contribution < 1.29 is 28.9 Å². The second kappa shape index (κ2) is 10.5. The molecule has 1 aromatic heterocycles. The van der Waals surface area contributed by atoms with E-state index in [0.717, 1.165) is 47.7 Å². The summed E-state index contributed by atoms with van der Waals surface area (Å²) in [5, 5.41) is 15.5. The Morgan fingerprint density at radius 3 is 2.90 bits per heavy atom. The predicted molar refractivity (Wildman–Crippen MR) is 144 cm³/mol. The van der Waals surface area contributed by atoms with Gasteiger partial charge in [-0.15, -0.1) is 0 Å². The fourth-order valence-electron chi connectivity index (χ4n) is 6.74. The van der Waals surface area contributed by atoms with Gasteiger partial charge in [-0.1, -0.05) is 37.1 Å². The highest BCUT2D eigenvalue weighted by atomic mass is 16.7. The number of methoxy groups -OCH3 is 1. The number of carbonyl (C=O) groups excluding carboxylic acids is 2. The third-order valence-electron chi connectivity index (χ3n) is 8.68. The number of nitrogens with zero attached hydrogens (tertiary/aromatic N) is 1. The molecule has 3 N–H and O–H groups in total. The van der Waals surface area contributed by atoms with Crippen LogP contribution in [0.5, 0.6) is 11.5 Å². The molecule has 1 aliphatic carbocycles. The van der Waals surface area contributed by atoms with Crippen molar-refractivity contribution >= 4 is 22.8 Å². The van der Waals surface area contributed by atoms with Gasteiger partial charge in [0.05, 0.1) is 19.3 Å². The molecule has 1 saturated carbocycles. The van der Waals surface area contributed by atoms with E-state index in [0.29, 0.717) is 30.9 Å². The number of likely N-dealkylation sites (tertiary alicyclic amines) is 1. The van der Waals surface area contributed by atoms with E-state index in [1.165, 1.54) is 7.11 Å². The van der Waals surface area contributed by atoms with Gasteiger partial charge in [-0.3, -0.25) is 9.69 Å². The molecule has 3 aliphatic rings. The first-order valence-corrected chi connectivity index (χ1v) is 13.7. The summed E-state index contributed by atoms with van der Waals surface area (Å²) in [6.45, 7) is 0.867. The molecule has 4 atom stereocenters. The molecule has 0 bridgehead atoms. The molecule has 206 valence electrons. The summed E-state index contributed by atoms with van der Waals surface area (Å²) in [7, 11) is 1.33. The number of amides is 1. The maximum Gasteiger partial charge on any atom is 0.328 e. The zero-order valence-corrected chi connectivity index (χ0v) is 22.2. The number of hydrogen-bond donors (Lipinski definition) is 3. The number of hydrogen-bond acceptors (Lipinski definition) is 7. The molecule has 2 aromatic carbocycles. The number of H-pyrrole nitrogens is 1. The summed E-state index contributed by atoms with van der Waals surface area (Å²) >= 11 is 0. The molecule has 0 spiro atoms. The van der Waals surface area contributed by atoms with Crippen molar-refractivity contribution in [3.05, 3.63) is 59.8 Å². The fourth-order valence-corrected chi connectivity index (χ4v) is 6.74. The van der Waals surface area contributed by atoms with Gasteiger partial charge in [-0.2, -0.15) is 0 Å². The first kappa shape index (κ1) is 25.7. The average Bonchev–Trinajstić information content (AvgIpc) is 3.59. The van der Waals surface area contributed by atoms with Crippen LogP contribution in [0.4, 0.5) is 0 Å². The standard InChI is InChI=1S/C30H35N3O6/c1-37-29(35)24(14-20-16-31-23-8-3-2-6-21(20)23)32-27(34)17-33-13-12-30(36)11-5-4-7-22(30)28(33)19-9-10-25-26(15-19)39-18-38-25/h2-3,6,8-10,15-16,22,24,28,31,36H,4-5,7,11-14,17-18H2,1H3,(H,32,34)/t22-,24+,28+,30-/m1/s1. The molecule has 39 heavy (non-hydrogen) atoms. The number of piperidine rings is 1. The molecule has 1 amide bonds. The maximum absolute atomic E-state index is 13.5. The SMILES string of the molecule is COC(=O)[C@H](Cc1c[nH]c2ccccc12)NC(=O)CN1CC[C@]2(O)CCCC[C@@H]2[C@@H]1c1ccc2c(c1)OCO2. The molecule has 9 nitrogen and oxygen atoms in total. The van der Waals surface area contributed by atoms with E-state index in [2.05, 4.69) is 15.2 Å². The molecule has 3 heterocycles. The Morgan fingerprint density at radius 2 is 2.03 bits per heavy atom. The molecule has 9 heteroatoms. The first-order chi connectivity index (χ1) is 18.9. The number of benzene rings is 2. The minimum Gasteiger partial charge on any atom is -0.467 e. The van der Waals surface area contributed by atoms with Gasteiger partial charge in [0.25, 0.3) is 0 Å². The zero-order valence-electron chi connectivity index (χ0n) is 22.2. The normalized spacial score (nSPS) is 25.2. The first-order valence-electron chi connectivity index (χ1n) is 13.7. The minimum absolute atomic E-state index is 0.00389. The van der Waals surface area contributed by atoms with Crippen LogP contribution in [0.1, 0.15) is 49.3 Å². The van der Waals surface area contributed by atoms with E-state index < -0.39 is 17.6 Å². The Bertz CT molecular complexity index is 1370. The lowest BCUT2D eigenvalue weighted by atomic mass is 9.66. The molecular weight excluding hydrogens is 498 g/mol. The number of aromatic nitrogens is 1. The van der Waals surface area contributed by atoms with Gasteiger partial charge in [0.15, 0.2) is 11.5 Å². The van der Waals surface area contributed by atoms with Crippen molar-refractivity contribution in [3.63, 3.8) is 0 Å². The van der Waals surface area contributed by atoms with E-state index in [9.17, 15) is 14.7 Å². The number of ether oxygens (including phenoxy) is 3. The monoisotopic (exact) mass is 533 g/mol. The van der Waals surface area contributed by atoms with Crippen molar-refractivity contribution in [2.24, 2.45) is 5.92 Å². The number of rotatable bonds is 7. The fraction of sp³-hybridized carbons (Fsp3) is 0.467. The topological polar surface area (TPSA) is 113 Å². The summed E-state index contributed by atoms with van der Waals surface area (Å²) in [4.78, 5) is 31.5. The van der Waals surface area contributed by atoms with Crippen LogP contribution >= 0.6 is 0 Å². The van der Waals surface area contributed by atoms with E-state index >= 15 is 0 Å². The smallest absolute Gasteiger partial charge is 0.328 e. The molecule has 1 saturated heterocycles. The van der Waals surface area contributed by atoms with Gasteiger partial charge < -0.3 is 29.6 Å². The summed E-state index contributed by atoms with van der Waals surface area (Å²) in [5.74, 6) is 0.650. The van der Waals surface area contributed by atoms with E-state index in [1.807, 2.05) is 48.7 Å². The third-order valence-corrected chi connectivity index (χ3v) is 8.68. The number of aliphatic hydroxyl groups is 1. The van der Waals surface area contributed by atoms with E-state index in [1.54, 1.807) is 0 Å². The number of aromatic amines is 1. The Hall–Kier alpha value is -3.56. The molecular formula is C30H35N3O6.